The van der Waals surface area contributed by atoms with Crippen molar-refractivity contribution in [3.8, 4) is 0 Å². The third kappa shape index (κ3) is 2.79. The summed E-state index contributed by atoms with van der Waals surface area (Å²) in [6.45, 7) is 1.99. The van der Waals surface area contributed by atoms with Gasteiger partial charge in [-0.05, 0) is 37.3 Å². The number of likely N-dealkylation sites (tertiary alicyclic amines) is 2. The number of fused-ring (bicyclic) bond motifs is 1. The summed E-state index contributed by atoms with van der Waals surface area (Å²) in [6.07, 6.45) is 7.20. The molecule has 0 bridgehead atoms. The van der Waals surface area contributed by atoms with E-state index in [-0.39, 0.29) is 30.0 Å². The van der Waals surface area contributed by atoms with Crippen molar-refractivity contribution in [1.29, 1.82) is 0 Å². The minimum absolute atomic E-state index is 0.121. The second-order valence-corrected chi connectivity index (χ2v) is 6.88. The SMILES string of the molecule is O=C1CC[C@H]2[C@H](CCN2C(=O)[C@@H]2CCCO2)N1Cc1cccnc1. The molecule has 4 rings (SSSR count). The molecule has 6 heteroatoms. The molecule has 0 unspecified atom stereocenters. The summed E-state index contributed by atoms with van der Waals surface area (Å²) in [5, 5.41) is 0. The number of carbonyl (C=O) groups is 2. The normalized spacial score (nSPS) is 29.8. The van der Waals surface area contributed by atoms with Crippen LogP contribution in [0.5, 0.6) is 0 Å². The quantitative estimate of drug-likeness (QED) is 0.840. The van der Waals surface area contributed by atoms with Crippen LogP contribution in [0.4, 0.5) is 0 Å². The zero-order valence-electron chi connectivity index (χ0n) is 13.8. The fourth-order valence-electron chi connectivity index (χ4n) is 4.27. The largest absolute Gasteiger partial charge is 0.368 e. The highest BCUT2D eigenvalue weighted by Crippen LogP contribution is 2.33. The monoisotopic (exact) mass is 329 g/mol. The van der Waals surface area contributed by atoms with Crippen molar-refractivity contribution >= 4 is 11.8 Å². The molecule has 0 spiro atoms. The van der Waals surface area contributed by atoms with Crippen molar-refractivity contribution in [2.24, 2.45) is 0 Å². The number of carbonyl (C=O) groups excluding carboxylic acids is 2. The lowest BCUT2D eigenvalue weighted by molar-refractivity contribution is -0.147. The van der Waals surface area contributed by atoms with Crippen LogP contribution in [0.1, 0.15) is 37.7 Å². The van der Waals surface area contributed by atoms with Crippen molar-refractivity contribution in [3.05, 3.63) is 30.1 Å². The van der Waals surface area contributed by atoms with E-state index >= 15 is 0 Å². The molecule has 24 heavy (non-hydrogen) atoms. The third-order valence-electron chi connectivity index (χ3n) is 5.45. The van der Waals surface area contributed by atoms with Gasteiger partial charge in [-0.2, -0.15) is 0 Å². The Labute approximate surface area is 141 Å². The van der Waals surface area contributed by atoms with Crippen LogP contribution in [-0.4, -0.2) is 57.9 Å². The van der Waals surface area contributed by atoms with Crippen LogP contribution in [0, 0.1) is 0 Å². The van der Waals surface area contributed by atoms with E-state index in [1.165, 1.54) is 0 Å². The summed E-state index contributed by atoms with van der Waals surface area (Å²) >= 11 is 0. The second kappa shape index (κ2) is 6.51. The van der Waals surface area contributed by atoms with Crippen molar-refractivity contribution < 1.29 is 14.3 Å². The predicted molar refractivity (Wildman–Crippen MR) is 86.9 cm³/mol. The number of amides is 2. The molecular formula is C18H23N3O3. The number of aromatic nitrogens is 1. The van der Waals surface area contributed by atoms with Crippen LogP contribution in [0.3, 0.4) is 0 Å². The van der Waals surface area contributed by atoms with E-state index in [1.54, 1.807) is 12.4 Å². The molecule has 3 aliphatic heterocycles. The number of rotatable bonds is 3. The van der Waals surface area contributed by atoms with Gasteiger partial charge in [-0.15, -0.1) is 0 Å². The Morgan fingerprint density at radius 3 is 2.96 bits per heavy atom. The number of piperidine rings is 1. The van der Waals surface area contributed by atoms with Gasteiger partial charge in [0.2, 0.25) is 5.91 Å². The molecular weight excluding hydrogens is 306 g/mol. The number of hydrogen-bond donors (Lipinski definition) is 0. The van der Waals surface area contributed by atoms with Gasteiger partial charge < -0.3 is 14.5 Å². The van der Waals surface area contributed by atoms with Gasteiger partial charge in [-0.25, -0.2) is 0 Å². The van der Waals surface area contributed by atoms with Gasteiger partial charge in [-0.1, -0.05) is 6.07 Å². The number of nitrogens with zero attached hydrogens (tertiary/aromatic N) is 3. The summed E-state index contributed by atoms with van der Waals surface area (Å²) in [7, 11) is 0. The second-order valence-electron chi connectivity index (χ2n) is 6.88. The highest BCUT2D eigenvalue weighted by Gasteiger charge is 2.46. The lowest BCUT2D eigenvalue weighted by Crippen LogP contribution is -2.54. The maximum absolute atomic E-state index is 12.7. The van der Waals surface area contributed by atoms with Crippen LogP contribution in [0.15, 0.2) is 24.5 Å². The maximum Gasteiger partial charge on any atom is 0.252 e. The van der Waals surface area contributed by atoms with Crippen LogP contribution >= 0.6 is 0 Å². The molecule has 3 atom stereocenters. The topological polar surface area (TPSA) is 62.7 Å². The molecule has 2 amide bonds. The number of hydrogen-bond acceptors (Lipinski definition) is 4. The van der Waals surface area contributed by atoms with E-state index in [4.69, 9.17) is 4.74 Å². The Balaban J connectivity index is 1.49. The van der Waals surface area contributed by atoms with Crippen molar-refractivity contribution in [3.63, 3.8) is 0 Å². The number of ether oxygens (including phenoxy) is 1. The van der Waals surface area contributed by atoms with E-state index in [0.29, 0.717) is 19.6 Å². The standard InChI is InChI=1S/C18H23N3O3/c22-17-6-5-14-15(21(17)12-13-3-1-8-19-11-13)7-9-20(14)18(23)16-4-2-10-24-16/h1,3,8,11,14-16H,2,4-7,9-10,12H2/t14-,15-,16-/m0/s1. The van der Waals surface area contributed by atoms with E-state index in [9.17, 15) is 9.59 Å². The van der Waals surface area contributed by atoms with Crippen molar-refractivity contribution in [1.82, 2.24) is 14.8 Å². The molecule has 6 nitrogen and oxygen atoms in total. The molecule has 4 heterocycles. The summed E-state index contributed by atoms with van der Waals surface area (Å²) in [6, 6.07) is 4.14. The van der Waals surface area contributed by atoms with E-state index in [0.717, 1.165) is 37.8 Å². The molecule has 3 saturated heterocycles. The van der Waals surface area contributed by atoms with Gasteiger partial charge in [0, 0.05) is 38.5 Å². The Morgan fingerprint density at radius 1 is 1.29 bits per heavy atom. The Morgan fingerprint density at radius 2 is 2.21 bits per heavy atom. The average Bonchev–Trinajstić information content (AvgIpc) is 3.27. The molecule has 1 aromatic heterocycles. The molecule has 3 aliphatic rings. The average molecular weight is 329 g/mol. The van der Waals surface area contributed by atoms with Gasteiger partial charge in [0.15, 0.2) is 0 Å². The van der Waals surface area contributed by atoms with Crippen LogP contribution in [-0.2, 0) is 20.9 Å². The van der Waals surface area contributed by atoms with Crippen LogP contribution in [0.2, 0.25) is 0 Å². The first-order valence-corrected chi connectivity index (χ1v) is 8.84. The van der Waals surface area contributed by atoms with E-state index in [1.807, 2.05) is 21.9 Å². The zero-order chi connectivity index (χ0) is 16.5. The van der Waals surface area contributed by atoms with Crippen LogP contribution < -0.4 is 0 Å². The Bertz CT molecular complexity index is 615. The summed E-state index contributed by atoms with van der Waals surface area (Å²) in [5.41, 5.74) is 1.04. The maximum atomic E-state index is 12.7. The predicted octanol–water partition coefficient (Wildman–Crippen LogP) is 1.35. The summed E-state index contributed by atoms with van der Waals surface area (Å²) in [5.74, 6) is 0.308. The van der Waals surface area contributed by atoms with E-state index in [2.05, 4.69) is 4.98 Å². The van der Waals surface area contributed by atoms with Crippen molar-refractivity contribution in [2.45, 2.75) is 56.8 Å². The first-order valence-electron chi connectivity index (χ1n) is 8.84. The lowest BCUT2D eigenvalue weighted by Gasteiger charge is -2.40. The summed E-state index contributed by atoms with van der Waals surface area (Å²) in [4.78, 5) is 33.3. The fraction of sp³-hybridized carbons (Fsp3) is 0.611. The smallest absolute Gasteiger partial charge is 0.252 e. The highest BCUT2D eigenvalue weighted by atomic mass is 16.5. The molecule has 0 saturated carbocycles. The summed E-state index contributed by atoms with van der Waals surface area (Å²) < 4.78 is 5.57. The van der Waals surface area contributed by atoms with Gasteiger partial charge in [-0.3, -0.25) is 14.6 Å². The zero-order valence-corrected chi connectivity index (χ0v) is 13.8. The molecule has 0 aromatic carbocycles. The Kier molecular flexibility index (Phi) is 4.22. The molecule has 1 aromatic rings. The first-order chi connectivity index (χ1) is 11.7. The first kappa shape index (κ1) is 15.6. The number of pyridine rings is 1. The van der Waals surface area contributed by atoms with Gasteiger partial charge in [0.05, 0.1) is 12.1 Å². The lowest BCUT2D eigenvalue weighted by atomic mass is 9.95. The van der Waals surface area contributed by atoms with Gasteiger partial charge >= 0.3 is 0 Å². The van der Waals surface area contributed by atoms with Crippen molar-refractivity contribution in [2.75, 3.05) is 13.2 Å². The minimum atomic E-state index is -0.270. The highest BCUT2D eigenvalue weighted by molar-refractivity contribution is 5.83. The van der Waals surface area contributed by atoms with E-state index < -0.39 is 0 Å². The molecule has 0 radical (unpaired) electrons. The third-order valence-corrected chi connectivity index (χ3v) is 5.45. The Hall–Kier alpha value is -1.95. The fourth-order valence-corrected chi connectivity index (χ4v) is 4.27. The van der Waals surface area contributed by atoms with Gasteiger partial charge in [0.1, 0.15) is 6.10 Å². The van der Waals surface area contributed by atoms with Gasteiger partial charge in [0.25, 0.3) is 5.91 Å². The molecule has 0 aliphatic carbocycles. The minimum Gasteiger partial charge on any atom is -0.368 e. The molecule has 0 N–H and O–H groups in total. The molecule has 3 fully saturated rings. The molecule has 128 valence electrons. The van der Waals surface area contributed by atoms with Crippen LogP contribution in [0.25, 0.3) is 0 Å².